The largest absolute Gasteiger partial charge is 0.464 e. The highest BCUT2D eigenvalue weighted by atomic mass is 16.5. The lowest BCUT2D eigenvalue weighted by molar-refractivity contribution is -0.154. The Morgan fingerprint density at radius 3 is 2.24 bits per heavy atom. The zero-order valence-corrected chi connectivity index (χ0v) is 12.1. The third-order valence-corrected chi connectivity index (χ3v) is 2.28. The van der Waals surface area contributed by atoms with Crippen molar-refractivity contribution < 1.29 is 23.9 Å². The number of para-hydroxylation sites is 1. The molecule has 1 aromatic carbocycles. The van der Waals surface area contributed by atoms with Gasteiger partial charge in [-0.1, -0.05) is 18.2 Å². The van der Waals surface area contributed by atoms with Crippen molar-refractivity contribution in [3.05, 3.63) is 42.1 Å². The molecule has 0 aliphatic carbocycles. The second kappa shape index (κ2) is 7.84. The van der Waals surface area contributed by atoms with Crippen LogP contribution in [-0.2, 0) is 23.9 Å². The Bertz CT molecular complexity index is 548. The molecular weight excluding hydrogens is 274 g/mol. The molecule has 0 bridgehead atoms. The molecule has 112 valence electrons. The Morgan fingerprint density at radius 1 is 1.10 bits per heavy atom. The summed E-state index contributed by atoms with van der Waals surface area (Å²) in [6, 6.07) is 8.72. The summed E-state index contributed by atoms with van der Waals surface area (Å²) in [5.41, 5.74) is 0.439. The highest BCUT2D eigenvalue weighted by Gasteiger charge is 2.19. The van der Waals surface area contributed by atoms with E-state index in [1.807, 2.05) is 0 Å². The van der Waals surface area contributed by atoms with Gasteiger partial charge < -0.3 is 14.8 Å². The van der Waals surface area contributed by atoms with Crippen molar-refractivity contribution in [3.63, 3.8) is 0 Å². The van der Waals surface area contributed by atoms with E-state index in [0.29, 0.717) is 5.69 Å². The zero-order valence-electron chi connectivity index (χ0n) is 12.1. The zero-order chi connectivity index (χ0) is 15.8. The Labute approximate surface area is 122 Å². The van der Waals surface area contributed by atoms with Crippen LogP contribution >= 0.6 is 0 Å². The highest BCUT2D eigenvalue weighted by Crippen LogP contribution is 2.10. The van der Waals surface area contributed by atoms with Gasteiger partial charge in [0.15, 0.2) is 0 Å². The summed E-state index contributed by atoms with van der Waals surface area (Å²) in [6.07, 6.45) is 0.447. The van der Waals surface area contributed by atoms with Crippen molar-refractivity contribution in [1.29, 1.82) is 0 Å². The summed E-state index contributed by atoms with van der Waals surface area (Å²) in [5.74, 6) is -2.72. The summed E-state index contributed by atoms with van der Waals surface area (Å²) >= 11 is 0. The van der Waals surface area contributed by atoms with Crippen LogP contribution in [0, 0.1) is 0 Å². The molecule has 0 saturated heterocycles. The molecule has 0 aliphatic heterocycles. The van der Waals surface area contributed by atoms with Crippen LogP contribution in [0.5, 0.6) is 0 Å². The van der Waals surface area contributed by atoms with Crippen molar-refractivity contribution in [1.82, 2.24) is 0 Å². The lowest BCUT2D eigenvalue weighted by Gasteiger charge is -2.09. The first-order chi connectivity index (χ1) is 9.93. The molecule has 21 heavy (non-hydrogen) atoms. The SMILES string of the molecule is COC(=O)C(=CC(=O)C(=O)OC(C)C)Nc1ccccc1. The third-order valence-electron chi connectivity index (χ3n) is 2.28. The van der Waals surface area contributed by atoms with Gasteiger partial charge in [-0.2, -0.15) is 0 Å². The van der Waals surface area contributed by atoms with Gasteiger partial charge in [0.1, 0.15) is 5.70 Å². The van der Waals surface area contributed by atoms with E-state index in [2.05, 4.69) is 10.1 Å². The maximum atomic E-state index is 11.7. The fraction of sp³-hybridized carbons (Fsp3) is 0.267. The van der Waals surface area contributed by atoms with E-state index >= 15 is 0 Å². The Morgan fingerprint density at radius 2 is 1.71 bits per heavy atom. The molecule has 0 spiro atoms. The molecule has 0 heterocycles. The number of methoxy groups -OCH3 is 1. The van der Waals surface area contributed by atoms with E-state index in [4.69, 9.17) is 4.74 Å². The molecule has 0 atom stereocenters. The number of hydrogen-bond donors (Lipinski definition) is 1. The molecule has 6 nitrogen and oxygen atoms in total. The maximum Gasteiger partial charge on any atom is 0.379 e. The van der Waals surface area contributed by atoms with Gasteiger partial charge in [-0.05, 0) is 26.0 Å². The summed E-state index contributed by atoms with van der Waals surface area (Å²) in [6.45, 7) is 3.25. The molecule has 0 saturated carbocycles. The van der Waals surface area contributed by atoms with Gasteiger partial charge in [0.05, 0.1) is 13.2 Å². The van der Waals surface area contributed by atoms with Gasteiger partial charge in [-0.15, -0.1) is 0 Å². The molecule has 6 heteroatoms. The molecule has 1 aromatic rings. The van der Waals surface area contributed by atoms with Crippen LogP contribution in [0.3, 0.4) is 0 Å². The summed E-state index contributed by atoms with van der Waals surface area (Å²) in [7, 11) is 1.18. The number of nitrogens with one attached hydrogen (secondary N) is 1. The van der Waals surface area contributed by atoms with Crippen LogP contribution in [-0.4, -0.2) is 30.9 Å². The van der Waals surface area contributed by atoms with E-state index in [1.54, 1.807) is 44.2 Å². The minimum absolute atomic E-state index is 0.144. The van der Waals surface area contributed by atoms with Crippen LogP contribution in [0.4, 0.5) is 5.69 Å². The van der Waals surface area contributed by atoms with Gasteiger partial charge in [0, 0.05) is 11.8 Å². The average molecular weight is 291 g/mol. The fourth-order valence-electron chi connectivity index (χ4n) is 1.40. The molecular formula is C15H17NO5. The number of rotatable bonds is 6. The number of esters is 2. The number of carbonyl (C=O) groups excluding carboxylic acids is 3. The fourth-order valence-corrected chi connectivity index (χ4v) is 1.40. The molecule has 0 unspecified atom stereocenters. The maximum absolute atomic E-state index is 11.7. The predicted octanol–water partition coefficient (Wildman–Crippen LogP) is 1.68. The van der Waals surface area contributed by atoms with Crippen LogP contribution in [0.1, 0.15) is 13.8 Å². The first-order valence-electron chi connectivity index (χ1n) is 6.31. The Kier molecular flexibility index (Phi) is 6.13. The van der Waals surface area contributed by atoms with Gasteiger partial charge in [0.2, 0.25) is 0 Å². The first-order valence-corrected chi connectivity index (χ1v) is 6.31. The number of benzene rings is 1. The summed E-state index contributed by atoms with van der Waals surface area (Å²) < 4.78 is 9.34. The standard InChI is InChI=1S/C15H17NO5/c1-10(2)21-15(19)13(17)9-12(14(18)20-3)16-11-7-5-4-6-8-11/h4-10,16H,1-3H3. The number of anilines is 1. The summed E-state index contributed by atoms with van der Waals surface area (Å²) in [5, 5.41) is 2.73. The monoisotopic (exact) mass is 291 g/mol. The van der Waals surface area contributed by atoms with Crippen LogP contribution < -0.4 is 5.32 Å². The number of ketones is 1. The molecule has 1 N–H and O–H groups in total. The van der Waals surface area contributed by atoms with E-state index in [9.17, 15) is 14.4 Å². The third kappa shape index (κ3) is 5.48. The molecule has 0 aromatic heterocycles. The first kappa shape index (κ1) is 16.4. The van der Waals surface area contributed by atoms with Crippen molar-refractivity contribution in [2.45, 2.75) is 20.0 Å². The van der Waals surface area contributed by atoms with Gasteiger partial charge in [0.25, 0.3) is 5.78 Å². The van der Waals surface area contributed by atoms with E-state index in [0.717, 1.165) is 6.08 Å². The Balaban J connectivity index is 2.92. The lowest BCUT2D eigenvalue weighted by Crippen LogP contribution is -2.22. The highest BCUT2D eigenvalue weighted by molar-refractivity contribution is 6.39. The van der Waals surface area contributed by atoms with Crippen LogP contribution in [0.25, 0.3) is 0 Å². The van der Waals surface area contributed by atoms with Crippen molar-refractivity contribution in [2.75, 3.05) is 12.4 Å². The topological polar surface area (TPSA) is 81.7 Å². The van der Waals surface area contributed by atoms with Crippen molar-refractivity contribution in [3.8, 4) is 0 Å². The Hall–Kier alpha value is -2.63. The van der Waals surface area contributed by atoms with Gasteiger partial charge in [-0.3, -0.25) is 4.79 Å². The van der Waals surface area contributed by atoms with E-state index in [-0.39, 0.29) is 5.70 Å². The second-order valence-electron chi connectivity index (χ2n) is 4.36. The summed E-state index contributed by atoms with van der Waals surface area (Å²) in [4.78, 5) is 34.8. The molecule has 0 radical (unpaired) electrons. The average Bonchev–Trinajstić information content (AvgIpc) is 2.46. The lowest BCUT2D eigenvalue weighted by atomic mass is 10.2. The van der Waals surface area contributed by atoms with Crippen molar-refractivity contribution >= 4 is 23.4 Å². The molecule has 0 fully saturated rings. The van der Waals surface area contributed by atoms with Crippen molar-refractivity contribution in [2.24, 2.45) is 0 Å². The van der Waals surface area contributed by atoms with E-state index < -0.39 is 23.8 Å². The predicted molar refractivity (Wildman–Crippen MR) is 76.4 cm³/mol. The number of carbonyl (C=O) groups is 3. The minimum atomic E-state index is -1.03. The smallest absolute Gasteiger partial charge is 0.379 e. The second-order valence-corrected chi connectivity index (χ2v) is 4.36. The molecule has 0 aliphatic rings. The van der Waals surface area contributed by atoms with Crippen LogP contribution in [0.15, 0.2) is 42.1 Å². The molecule has 0 amide bonds. The van der Waals surface area contributed by atoms with E-state index in [1.165, 1.54) is 7.11 Å². The molecule has 1 rings (SSSR count). The van der Waals surface area contributed by atoms with Gasteiger partial charge >= 0.3 is 11.9 Å². The number of ether oxygens (including phenoxy) is 2. The normalized spacial score (nSPS) is 11.0. The number of hydrogen-bond acceptors (Lipinski definition) is 6. The van der Waals surface area contributed by atoms with Gasteiger partial charge in [-0.25, -0.2) is 9.59 Å². The minimum Gasteiger partial charge on any atom is -0.464 e. The quantitative estimate of drug-likeness (QED) is 0.488. The van der Waals surface area contributed by atoms with Crippen LogP contribution in [0.2, 0.25) is 0 Å².